The van der Waals surface area contributed by atoms with Crippen LogP contribution in [0.3, 0.4) is 0 Å². The van der Waals surface area contributed by atoms with Crippen molar-refractivity contribution in [2.24, 2.45) is 15.0 Å². The van der Waals surface area contributed by atoms with Gasteiger partial charge in [-0.25, -0.2) is 9.98 Å². The van der Waals surface area contributed by atoms with Crippen LogP contribution in [0.2, 0.25) is 0 Å². The summed E-state index contributed by atoms with van der Waals surface area (Å²) in [5.41, 5.74) is 14.2. The maximum Gasteiger partial charge on any atom is 0.161 e. The van der Waals surface area contributed by atoms with Gasteiger partial charge in [0.15, 0.2) is 11.7 Å². The van der Waals surface area contributed by atoms with Crippen LogP contribution in [0.1, 0.15) is 41.7 Å². The summed E-state index contributed by atoms with van der Waals surface area (Å²) in [7, 11) is 0. The Hall–Kier alpha value is -6.73. The number of benzene rings is 8. The zero-order chi connectivity index (χ0) is 41.1. The van der Waals surface area contributed by atoms with Crippen LogP contribution in [0.15, 0.2) is 217 Å². The molecule has 2 heterocycles. The summed E-state index contributed by atoms with van der Waals surface area (Å²) in [6.07, 6.45) is 0. The third-order valence-corrected chi connectivity index (χ3v) is 14.6. The van der Waals surface area contributed by atoms with Crippen LogP contribution in [0.4, 0.5) is 0 Å². The van der Waals surface area contributed by atoms with E-state index < -0.39 is 0 Å². The summed E-state index contributed by atoms with van der Waals surface area (Å²) >= 11 is 3.79. The van der Waals surface area contributed by atoms with E-state index in [1.54, 1.807) is 0 Å². The highest BCUT2D eigenvalue weighted by molar-refractivity contribution is 8.05. The monoisotopic (exact) mass is 820 g/mol. The van der Waals surface area contributed by atoms with Gasteiger partial charge in [-0.3, -0.25) is 4.99 Å². The summed E-state index contributed by atoms with van der Waals surface area (Å²) in [6.45, 7) is 9.04. The molecule has 0 radical (unpaired) electrons. The first-order chi connectivity index (χ1) is 29.9. The average Bonchev–Trinajstić information content (AvgIpc) is 3.75. The molecule has 0 atom stereocenters. The van der Waals surface area contributed by atoms with Crippen LogP contribution in [0.25, 0.3) is 49.7 Å². The number of fused-ring (bicyclic) bond motifs is 8. The Morgan fingerprint density at radius 1 is 0.525 bits per heavy atom. The smallest absolute Gasteiger partial charge is 0.161 e. The molecule has 0 unspecified atom stereocenters. The van der Waals surface area contributed by atoms with E-state index >= 15 is 0 Å². The Kier molecular flexibility index (Phi) is 9.21. The van der Waals surface area contributed by atoms with Crippen LogP contribution in [0.5, 0.6) is 0 Å². The summed E-state index contributed by atoms with van der Waals surface area (Å²) < 4.78 is 2.38. The SMILES string of the molecule is C=NC(=NC(=NCc1cccc(-n2c3ccccc3c3cc(-c4ccc5c(c4)C(C)(C)c4cc6c(cc4-5)Sc4ccccc4S6)ccc32)c1)c1ccccc1)c1ccccc1. The zero-order valence-corrected chi connectivity index (χ0v) is 35.5. The molecule has 0 amide bonds. The second-order valence-corrected chi connectivity index (χ2v) is 18.3. The third-order valence-electron chi connectivity index (χ3n) is 12.0. The van der Waals surface area contributed by atoms with Gasteiger partial charge in [0.1, 0.15) is 0 Å². The van der Waals surface area contributed by atoms with Crippen LogP contribution < -0.4 is 0 Å². The minimum Gasteiger partial charge on any atom is -0.309 e. The minimum absolute atomic E-state index is 0.117. The first-order valence-electron chi connectivity index (χ1n) is 20.5. The maximum atomic E-state index is 5.08. The molecule has 0 saturated carbocycles. The lowest BCUT2D eigenvalue weighted by Gasteiger charge is -2.24. The maximum absolute atomic E-state index is 5.08. The molecular formula is C55H40N4S2. The molecule has 1 aliphatic heterocycles. The van der Waals surface area contributed by atoms with Crippen LogP contribution in [-0.2, 0) is 12.0 Å². The fourth-order valence-electron chi connectivity index (χ4n) is 8.98. The topological polar surface area (TPSA) is 42.0 Å². The van der Waals surface area contributed by atoms with Gasteiger partial charge < -0.3 is 4.57 Å². The molecule has 0 bridgehead atoms. The van der Waals surface area contributed by atoms with Crippen LogP contribution in [0, 0.1) is 0 Å². The van der Waals surface area contributed by atoms with Crippen molar-refractivity contribution in [2.45, 2.75) is 45.4 Å². The van der Waals surface area contributed by atoms with Gasteiger partial charge in [0, 0.05) is 52.6 Å². The number of para-hydroxylation sites is 1. The molecule has 61 heavy (non-hydrogen) atoms. The molecule has 0 spiro atoms. The molecule has 9 aromatic rings. The van der Waals surface area contributed by atoms with Crippen molar-refractivity contribution in [3.05, 3.63) is 210 Å². The average molecular weight is 821 g/mol. The summed E-state index contributed by atoms with van der Waals surface area (Å²) in [4.78, 5) is 19.7. The molecule has 0 saturated heterocycles. The molecule has 4 nitrogen and oxygen atoms in total. The molecule has 8 aromatic carbocycles. The van der Waals surface area contributed by atoms with Gasteiger partial charge in [0.05, 0.1) is 17.6 Å². The zero-order valence-electron chi connectivity index (χ0n) is 33.8. The fraction of sp³-hybridized carbons (Fsp3) is 0.0727. The lowest BCUT2D eigenvalue weighted by atomic mass is 9.81. The molecule has 6 heteroatoms. The lowest BCUT2D eigenvalue weighted by Crippen LogP contribution is -2.15. The van der Waals surface area contributed by atoms with Crippen molar-refractivity contribution in [3.8, 4) is 27.9 Å². The number of aromatic nitrogens is 1. The number of hydrogen-bond acceptors (Lipinski definition) is 3. The van der Waals surface area contributed by atoms with Gasteiger partial charge >= 0.3 is 0 Å². The summed E-state index contributed by atoms with van der Waals surface area (Å²) in [6, 6.07) is 65.1. The largest absolute Gasteiger partial charge is 0.309 e. The van der Waals surface area contributed by atoms with E-state index in [0.717, 1.165) is 22.4 Å². The van der Waals surface area contributed by atoms with E-state index in [2.05, 4.69) is 151 Å². The van der Waals surface area contributed by atoms with E-state index in [1.807, 2.05) is 84.2 Å². The van der Waals surface area contributed by atoms with Crippen molar-refractivity contribution >= 4 is 63.7 Å². The number of aliphatic imine (C=N–C) groups is 3. The van der Waals surface area contributed by atoms with Crippen molar-refractivity contribution in [1.29, 1.82) is 0 Å². The Bertz CT molecular complexity index is 3270. The highest BCUT2D eigenvalue weighted by atomic mass is 32.2. The van der Waals surface area contributed by atoms with E-state index in [4.69, 9.17) is 9.98 Å². The molecular weight excluding hydrogens is 781 g/mol. The number of hydrogen-bond donors (Lipinski definition) is 0. The van der Waals surface area contributed by atoms with Gasteiger partial charge in [-0.2, -0.15) is 0 Å². The molecule has 2 aliphatic rings. The number of amidine groups is 2. The van der Waals surface area contributed by atoms with Crippen molar-refractivity contribution in [3.63, 3.8) is 0 Å². The Morgan fingerprint density at radius 3 is 1.90 bits per heavy atom. The Balaban J connectivity index is 0.946. The normalized spacial score (nSPS) is 14.1. The van der Waals surface area contributed by atoms with Gasteiger partial charge in [0.25, 0.3) is 0 Å². The molecule has 292 valence electrons. The highest BCUT2D eigenvalue weighted by Gasteiger charge is 2.37. The third kappa shape index (κ3) is 6.54. The summed E-state index contributed by atoms with van der Waals surface area (Å²) in [5.74, 6) is 1.15. The quantitative estimate of drug-likeness (QED) is 0.124. The minimum atomic E-state index is -0.117. The first-order valence-corrected chi connectivity index (χ1v) is 22.2. The van der Waals surface area contributed by atoms with Crippen LogP contribution in [-0.4, -0.2) is 23.0 Å². The summed E-state index contributed by atoms with van der Waals surface area (Å²) in [5, 5.41) is 2.45. The van der Waals surface area contributed by atoms with E-state index in [0.29, 0.717) is 18.2 Å². The standard InChI is InChI=1S/C55H40N4S2/c1-55(2)45-31-39(25-27-41(45)43-32-51-52(33-46(43)55)61-50-24-13-12-23-49(50)60-51)38-26-28-48-44(30-38)42-21-10-11-22-47(42)59(48)40-20-14-15-35(29-40)34-57-54(37-18-8-5-9-19-37)58-53(56-3)36-16-6-4-7-17-36/h4-33H,3,34H2,1-2H3. The second kappa shape index (κ2) is 15.1. The van der Waals surface area contributed by atoms with Gasteiger partial charge in [-0.15, -0.1) is 0 Å². The van der Waals surface area contributed by atoms with Gasteiger partial charge in [0.2, 0.25) is 0 Å². The molecule has 0 N–H and O–H groups in total. The molecule has 1 aromatic heterocycles. The predicted molar refractivity (Wildman–Crippen MR) is 258 cm³/mol. The Labute approximate surface area is 364 Å². The van der Waals surface area contributed by atoms with Crippen molar-refractivity contribution in [2.75, 3.05) is 0 Å². The number of nitrogens with zero attached hydrogens (tertiary/aromatic N) is 4. The lowest BCUT2D eigenvalue weighted by molar-refractivity contribution is 0.658. The molecule has 11 rings (SSSR count). The van der Waals surface area contributed by atoms with E-state index in [-0.39, 0.29) is 5.41 Å². The van der Waals surface area contributed by atoms with Crippen molar-refractivity contribution in [1.82, 2.24) is 4.57 Å². The van der Waals surface area contributed by atoms with Crippen LogP contribution >= 0.6 is 23.5 Å². The number of rotatable bonds is 6. The Morgan fingerprint density at radius 2 is 1.15 bits per heavy atom. The van der Waals surface area contributed by atoms with Gasteiger partial charge in [-0.05, 0) is 106 Å². The predicted octanol–water partition coefficient (Wildman–Crippen LogP) is 14.5. The van der Waals surface area contributed by atoms with Gasteiger partial charge in [-0.1, -0.05) is 159 Å². The second-order valence-electron chi connectivity index (χ2n) is 16.1. The van der Waals surface area contributed by atoms with E-state index in [1.165, 1.54) is 74.8 Å². The molecule has 1 aliphatic carbocycles. The fourth-order valence-corrected chi connectivity index (χ4v) is 11.3. The first kappa shape index (κ1) is 37.3. The van der Waals surface area contributed by atoms with Crippen molar-refractivity contribution < 1.29 is 0 Å². The van der Waals surface area contributed by atoms with E-state index in [9.17, 15) is 0 Å². The highest BCUT2D eigenvalue weighted by Crippen LogP contribution is 2.56. The molecule has 0 fully saturated rings.